The van der Waals surface area contributed by atoms with Gasteiger partial charge in [0.05, 0.1) is 0 Å². The first-order valence-electron chi connectivity index (χ1n) is 7.06. The van der Waals surface area contributed by atoms with Gasteiger partial charge >= 0.3 is 5.97 Å². The molecular weight excluding hydrogens is 244 g/mol. The standard InChI is InChI=1S/C15H24O2S/c1-2-3-4-5-6-7-8-9-10-13-11-12-14(18-13)15(16)17/h11-12H,2-10H2,1H3,(H,16,17). The number of hydrogen-bond acceptors (Lipinski definition) is 2. The predicted molar refractivity (Wildman–Crippen MR) is 77.6 cm³/mol. The normalized spacial score (nSPS) is 10.7. The molecular formula is C15H24O2S. The van der Waals surface area contributed by atoms with Crippen molar-refractivity contribution in [2.45, 2.75) is 64.7 Å². The van der Waals surface area contributed by atoms with E-state index in [0.717, 1.165) is 6.42 Å². The first-order valence-corrected chi connectivity index (χ1v) is 7.87. The molecule has 102 valence electrons. The lowest BCUT2D eigenvalue weighted by Crippen LogP contribution is -1.89. The van der Waals surface area contributed by atoms with E-state index in [0.29, 0.717) is 4.88 Å². The number of rotatable bonds is 10. The van der Waals surface area contributed by atoms with Gasteiger partial charge in [-0.3, -0.25) is 0 Å². The van der Waals surface area contributed by atoms with E-state index in [1.54, 1.807) is 6.07 Å². The molecule has 0 bridgehead atoms. The van der Waals surface area contributed by atoms with Crippen molar-refractivity contribution in [1.29, 1.82) is 0 Å². The molecule has 2 nitrogen and oxygen atoms in total. The zero-order valence-corrected chi connectivity index (χ0v) is 12.1. The lowest BCUT2D eigenvalue weighted by Gasteiger charge is -2.00. The third-order valence-corrected chi connectivity index (χ3v) is 4.28. The number of thiophene rings is 1. The number of hydrogen-bond donors (Lipinski definition) is 1. The van der Waals surface area contributed by atoms with E-state index in [2.05, 4.69) is 6.92 Å². The van der Waals surface area contributed by atoms with Crippen molar-refractivity contribution >= 4 is 17.3 Å². The molecule has 1 N–H and O–H groups in total. The van der Waals surface area contributed by atoms with Gasteiger partial charge in [-0.15, -0.1) is 11.3 Å². The molecule has 1 heterocycles. The first-order chi connectivity index (χ1) is 8.74. The molecule has 0 amide bonds. The molecule has 0 saturated carbocycles. The van der Waals surface area contributed by atoms with Gasteiger partial charge in [0.25, 0.3) is 0 Å². The third-order valence-electron chi connectivity index (χ3n) is 3.15. The van der Waals surface area contributed by atoms with Crippen LogP contribution < -0.4 is 0 Å². The fourth-order valence-electron chi connectivity index (χ4n) is 2.06. The molecule has 0 saturated heterocycles. The summed E-state index contributed by atoms with van der Waals surface area (Å²) in [5, 5.41) is 8.82. The molecule has 18 heavy (non-hydrogen) atoms. The van der Waals surface area contributed by atoms with Crippen molar-refractivity contribution in [3.63, 3.8) is 0 Å². The number of aryl methyl sites for hydroxylation is 1. The van der Waals surface area contributed by atoms with Crippen LogP contribution in [0.1, 0.15) is 72.8 Å². The Labute approximate surface area is 114 Å². The minimum atomic E-state index is -0.804. The first kappa shape index (κ1) is 15.2. The predicted octanol–water partition coefficient (Wildman–Crippen LogP) is 5.13. The molecule has 0 aliphatic carbocycles. The maximum absolute atomic E-state index is 10.7. The summed E-state index contributed by atoms with van der Waals surface area (Å²) in [5.74, 6) is -0.804. The van der Waals surface area contributed by atoms with Crippen molar-refractivity contribution < 1.29 is 9.90 Å². The van der Waals surface area contributed by atoms with Gasteiger partial charge in [0.15, 0.2) is 0 Å². The number of unbranched alkanes of at least 4 members (excludes halogenated alkanes) is 7. The van der Waals surface area contributed by atoms with Crippen molar-refractivity contribution in [2.75, 3.05) is 0 Å². The molecule has 0 atom stereocenters. The minimum absolute atomic E-state index is 0.463. The molecule has 0 unspecified atom stereocenters. The van der Waals surface area contributed by atoms with Gasteiger partial charge in [-0.1, -0.05) is 51.9 Å². The summed E-state index contributed by atoms with van der Waals surface area (Å²) in [5.41, 5.74) is 0. The Bertz CT molecular complexity index is 344. The molecule has 1 rings (SSSR count). The molecule has 3 heteroatoms. The Balaban J connectivity index is 2.02. The number of carboxylic acid groups (broad SMARTS) is 1. The van der Waals surface area contributed by atoms with Crippen LogP contribution >= 0.6 is 11.3 Å². The fourth-order valence-corrected chi connectivity index (χ4v) is 2.95. The Morgan fingerprint density at radius 1 is 1.06 bits per heavy atom. The largest absolute Gasteiger partial charge is 0.477 e. The zero-order chi connectivity index (χ0) is 13.2. The third kappa shape index (κ3) is 6.20. The molecule has 0 aliphatic heterocycles. The van der Waals surface area contributed by atoms with Crippen LogP contribution in [0.15, 0.2) is 12.1 Å². The molecule has 0 aromatic carbocycles. The highest BCUT2D eigenvalue weighted by molar-refractivity contribution is 7.13. The van der Waals surface area contributed by atoms with E-state index in [1.165, 1.54) is 67.6 Å². The van der Waals surface area contributed by atoms with Crippen LogP contribution in [-0.2, 0) is 6.42 Å². The highest BCUT2D eigenvalue weighted by Gasteiger charge is 2.06. The van der Waals surface area contributed by atoms with E-state index < -0.39 is 5.97 Å². The minimum Gasteiger partial charge on any atom is -0.477 e. The van der Waals surface area contributed by atoms with Crippen LogP contribution in [0.25, 0.3) is 0 Å². The van der Waals surface area contributed by atoms with Crippen LogP contribution in [0.5, 0.6) is 0 Å². The Hall–Kier alpha value is -0.830. The van der Waals surface area contributed by atoms with Crippen molar-refractivity contribution in [3.8, 4) is 0 Å². The van der Waals surface area contributed by atoms with E-state index in [9.17, 15) is 4.79 Å². The van der Waals surface area contributed by atoms with Crippen molar-refractivity contribution in [1.82, 2.24) is 0 Å². The highest BCUT2D eigenvalue weighted by atomic mass is 32.1. The summed E-state index contributed by atoms with van der Waals surface area (Å²) in [6.45, 7) is 2.24. The van der Waals surface area contributed by atoms with Crippen molar-refractivity contribution in [2.24, 2.45) is 0 Å². The van der Waals surface area contributed by atoms with Gasteiger partial charge < -0.3 is 5.11 Å². The average Bonchev–Trinajstić information content (AvgIpc) is 2.81. The Morgan fingerprint density at radius 2 is 1.67 bits per heavy atom. The van der Waals surface area contributed by atoms with Gasteiger partial charge in [0.2, 0.25) is 0 Å². The smallest absolute Gasteiger partial charge is 0.345 e. The van der Waals surface area contributed by atoms with Crippen LogP contribution in [0, 0.1) is 0 Å². The van der Waals surface area contributed by atoms with Gasteiger partial charge in [0.1, 0.15) is 4.88 Å². The summed E-state index contributed by atoms with van der Waals surface area (Å²) >= 11 is 1.42. The molecule has 1 aromatic heterocycles. The summed E-state index contributed by atoms with van der Waals surface area (Å²) in [7, 11) is 0. The summed E-state index contributed by atoms with van der Waals surface area (Å²) in [6, 6.07) is 3.67. The number of aromatic carboxylic acids is 1. The summed E-state index contributed by atoms with van der Waals surface area (Å²) in [6.07, 6.45) is 11.6. The van der Waals surface area contributed by atoms with E-state index in [1.807, 2.05) is 6.07 Å². The topological polar surface area (TPSA) is 37.3 Å². The molecule has 0 radical (unpaired) electrons. The van der Waals surface area contributed by atoms with E-state index >= 15 is 0 Å². The monoisotopic (exact) mass is 268 g/mol. The second-order valence-corrected chi connectivity index (χ2v) is 5.96. The van der Waals surface area contributed by atoms with Gasteiger partial charge in [-0.25, -0.2) is 4.79 Å². The average molecular weight is 268 g/mol. The number of carboxylic acids is 1. The van der Waals surface area contributed by atoms with Crippen molar-refractivity contribution in [3.05, 3.63) is 21.9 Å². The highest BCUT2D eigenvalue weighted by Crippen LogP contribution is 2.19. The Morgan fingerprint density at radius 3 is 2.22 bits per heavy atom. The maximum Gasteiger partial charge on any atom is 0.345 e. The lowest BCUT2D eigenvalue weighted by molar-refractivity contribution is 0.0702. The van der Waals surface area contributed by atoms with Crippen LogP contribution in [0.3, 0.4) is 0 Å². The molecule has 0 spiro atoms. The van der Waals surface area contributed by atoms with Crippen LogP contribution in [-0.4, -0.2) is 11.1 Å². The molecule has 0 fully saturated rings. The van der Waals surface area contributed by atoms with Gasteiger partial charge in [-0.05, 0) is 25.0 Å². The quantitative estimate of drug-likeness (QED) is 0.597. The second-order valence-electron chi connectivity index (χ2n) is 4.80. The van der Waals surface area contributed by atoms with Gasteiger partial charge in [-0.2, -0.15) is 0 Å². The van der Waals surface area contributed by atoms with E-state index in [-0.39, 0.29) is 0 Å². The fraction of sp³-hybridized carbons (Fsp3) is 0.667. The van der Waals surface area contributed by atoms with Gasteiger partial charge in [0, 0.05) is 4.88 Å². The van der Waals surface area contributed by atoms with Crippen LogP contribution in [0.4, 0.5) is 0 Å². The zero-order valence-electron chi connectivity index (χ0n) is 11.3. The SMILES string of the molecule is CCCCCCCCCCc1ccc(C(=O)O)s1. The molecule has 0 aliphatic rings. The summed E-state index contributed by atoms with van der Waals surface area (Å²) < 4.78 is 0. The molecule has 1 aromatic rings. The second kappa shape index (κ2) is 9.15. The van der Waals surface area contributed by atoms with E-state index in [4.69, 9.17) is 5.11 Å². The lowest BCUT2D eigenvalue weighted by atomic mass is 10.1. The maximum atomic E-state index is 10.7. The van der Waals surface area contributed by atoms with Crippen LogP contribution in [0.2, 0.25) is 0 Å². The number of carbonyl (C=O) groups is 1. The summed E-state index contributed by atoms with van der Waals surface area (Å²) in [4.78, 5) is 12.4. The Kier molecular flexibility index (Phi) is 7.74.